The van der Waals surface area contributed by atoms with E-state index in [-0.39, 0.29) is 26.2 Å². The zero-order valence-electron chi connectivity index (χ0n) is 13.0. The van der Waals surface area contributed by atoms with Crippen molar-refractivity contribution in [3.8, 4) is 0 Å². The SMILES string of the molecule is CCOCCOC(CCCBr)(C(=O)OCC)C(=O)OCC. The highest BCUT2D eigenvalue weighted by atomic mass is 79.9. The van der Waals surface area contributed by atoms with E-state index in [1.807, 2.05) is 6.92 Å². The van der Waals surface area contributed by atoms with Crippen molar-refractivity contribution in [1.82, 2.24) is 0 Å². The molecule has 0 aliphatic rings. The second-order valence-corrected chi connectivity index (χ2v) is 4.90. The fourth-order valence-corrected chi connectivity index (χ4v) is 1.99. The molecule has 0 amide bonds. The fraction of sp³-hybridized carbons (Fsp3) is 0.857. The highest BCUT2D eigenvalue weighted by Crippen LogP contribution is 2.23. The van der Waals surface area contributed by atoms with Crippen LogP contribution in [0.3, 0.4) is 0 Å². The van der Waals surface area contributed by atoms with Crippen LogP contribution in [0.4, 0.5) is 0 Å². The third-order valence-electron chi connectivity index (χ3n) is 2.65. The minimum atomic E-state index is -1.71. The number of esters is 2. The highest BCUT2D eigenvalue weighted by molar-refractivity contribution is 9.09. The number of alkyl halides is 1. The van der Waals surface area contributed by atoms with Crippen molar-refractivity contribution >= 4 is 27.9 Å². The number of hydrogen-bond acceptors (Lipinski definition) is 6. The lowest BCUT2D eigenvalue weighted by molar-refractivity contribution is -0.193. The van der Waals surface area contributed by atoms with Crippen molar-refractivity contribution in [2.75, 3.05) is 38.4 Å². The lowest BCUT2D eigenvalue weighted by atomic mass is 9.97. The predicted molar refractivity (Wildman–Crippen MR) is 81.5 cm³/mol. The van der Waals surface area contributed by atoms with Gasteiger partial charge in [0.1, 0.15) is 0 Å². The average Bonchev–Trinajstić information content (AvgIpc) is 2.47. The molecule has 6 nitrogen and oxygen atoms in total. The van der Waals surface area contributed by atoms with Crippen LogP contribution in [-0.4, -0.2) is 55.9 Å². The normalized spacial score (nSPS) is 11.2. The van der Waals surface area contributed by atoms with Crippen molar-refractivity contribution in [3.63, 3.8) is 0 Å². The fourth-order valence-electron chi connectivity index (χ4n) is 1.71. The maximum atomic E-state index is 12.2. The van der Waals surface area contributed by atoms with Crippen LogP contribution < -0.4 is 0 Å². The molecule has 0 aromatic carbocycles. The molecule has 0 aliphatic heterocycles. The van der Waals surface area contributed by atoms with E-state index in [1.54, 1.807) is 13.8 Å². The lowest BCUT2D eigenvalue weighted by Crippen LogP contribution is -2.52. The summed E-state index contributed by atoms with van der Waals surface area (Å²) in [6.07, 6.45) is 0.772. The van der Waals surface area contributed by atoms with Gasteiger partial charge in [-0.05, 0) is 33.6 Å². The molecule has 0 bridgehead atoms. The standard InChI is InChI=1S/C14H25BrO6/c1-4-18-10-11-21-14(8-7-9-15,12(16)19-5-2)13(17)20-6-3/h4-11H2,1-3H3. The summed E-state index contributed by atoms with van der Waals surface area (Å²) in [4.78, 5) is 24.5. The van der Waals surface area contributed by atoms with Crippen molar-refractivity contribution in [1.29, 1.82) is 0 Å². The summed E-state index contributed by atoms with van der Waals surface area (Å²) in [5.41, 5.74) is -1.71. The number of hydrogen-bond donors (Lipinski definition) is 0. The van der Waals surface area contributed by atoms with Gasteiger partial charge in [0.2, 0.25) is 0 Å². The van der Waals surface area contributed by atoms with Crippen molar-refractivity contribution < 1.29 is 28.5 Å². The van der Waals surface area contributed by atoms with Crippen molar-refractivity contribution in [2.24, 2.45) is 0 Å². The Hall–Kier alpha value is -0.660. The molecule has 0 atom stereocenters. The molecule has 21 heavy (non-hydrogen) atoms. The summed E-state index contributed by atoms with van der Waals surface area (Å²) in [7, 11) is 0. The summed E-state index contributed by atoms with van der Waals surface area (Å²) in [5, 5.41) is 0.641. The Morgan fingerprint density at radius 2 is 1.52 bits per heavy atom. The summed E-state index contributed by atoms with van der Waals surface area (Å²) >= 11 is 3.29. The lowest BCUT2D eigenvalue weighted by Gasteiger charge is -2.29. The van der Waals surface area contributed by atoms with E-state index in [0.717, 1.165) is 0 Å². The van der Waals surface area contributed by atoms with Crippen LogP contribution >= 0.6 is 15.9 Å². The van der Waals surface area contributed by atoms with Gasteiger partial charge in [0, 0.05) is 11.9 Å². The molecule has 0 aromatic rings. The minimum Gasteiger partial charge on any atom is -0.463 e. The summed E-state index contributed by atoms with van der Waals surface area (Å²) in [6, 6.07) is 0. The first-order valence-corrected chi connectivity index (χ1v) is 8.33. The molecular formula is C14H25BrO6. The van der Waals surface area contributed by atoms with Crippen LogP contribution in [0.5, 0.6) is 0 Å². The molecule has 124 valence electrons. The first-order valence-electron chi connectivity index (χ1n) is 7.21. The Kier molecular flexibility index (Phi) is 11.6. The van der Waals surface area contributed by atoms with Crippen LogP contribution in [0.15, 0.2) is 0 Å². The molecule has 0 rings (SSSR count). The van der Waals surface area contributed by atoms with Crippen LogP contribution in [0.1, 0.15) is 33.6 Å². The second-order valence-electron chi connectivity index (χ2n) is 4.11. The molecule has 0 saturated carbocycles. The predicted octanol–water partition coefficient (Wildman–Crippen LogP) is 2.08. The molecule has 0 heterocycles. The summed E-state index contributed by atoms with van der Waals surface area (Å²) in [6.45, 7) is 6.51. The van der Waals surface area contributed by atoms with Crippen molar-refractivity contribution in [2.45, 2.75) is 39.2 Å². The molecule has 7 heteroatoms. The second kappa shape index (κ2) is 11.9. The number of ether oxygens (including phenoxy) is 4. The van der Waals surface area contributed by atoms with Crippen LogP contribution in [0, 0.1) is 0 Å². The third kappa shape index (κ3) is 6.76. The Morgan fingerprint density at radius 1 is 0.952 bits per heavy atom. The van der Waals surface area contributed by atoms with Gasteiger partial charge in [0.25, 0.3) is 5.60 Å². The van der Waals surface area contributed by atoms with Gasteiger partial charge in [-0.2, -0.15) is 0 Å². The Labute approximate surface area is 134 Å². The van der Waals surface area contributed by atoms with Gasteiger partial charge in [-0.25, -0.2) is 9.59 Å². The van der Waals surface area contributed by atoms with Crippen LogP contribution in [0.25, 0.3) is 0 Å². The number of carbonyl (C=O) groups excluding carboxylic acids is 2. The number of carbonyl (C=O) groups is 2. The van der Waals surface area contributed by atoms with Crippen molar-refractivity contribution in [3.05, 3.63) is 0 Å². The first kappa shape index (κ1) is 20.3. The first-order chi connectivity index (χ1) is 10.1. The molecule has 0 radical (unpaired) electrons. The van der Waals surface area contributed by atoms with Gasteiger partial charge >= 0.3 is 11.9 Å². The van der Waals surface area contributed by atoms with E-state index in [0.29, 0.717) is 25.0 Å². The molecule has 0 fully saturated rings. The van der Waals surface area contributed by atoms with Gasteiger partial charge in [-0.1, -0.05) is 15.9 Å². The molecule has 0 aromatic heterocycles. The van der Waals surface area contributed by atoms with Gasteiger partial charge < -0.3 is 18.9 Å². The molecular weight excluding hydrogens is 344 g/mol. The Morgan fingerprint density at radius 3 is 1.95 bits per heavy atom. The van der Waals surface area contributed by atoms with E-state index in [4.69, 9.17) is 18.9 Å². The van der Waals surface area contributed by atoms with Gasteiger partial charge in [0.05, 0.1) is 26.4 Å². The van der Waals surface area contributed by atoms with Crippen LogP contribution in [0.2, 0.25) is 0 Å². The Balaban J connectivity index is 5.08. The van der Waals surface area contributed by atoms with Gasteiger partial charge in [-0.15, -0.1) is 0 Å². The quantitative estimate of drug-likeness (QED) is 0.227. The molecule has 0 spiro atoms. The van der Waals surface area contributed by atoms with E-state index in [2.05, 4.69) is 15.9 Å². The molecule has 0 unspecified atom stereocenters. The highest BCUT2D eigenvalue weighted by Gasteiger charge is 2.49. The molecule has 0 saturated heterocycles. The molecule has 0 aliphatic carbocycles. The summed E-state index contributed by atoms with van der Waals surface area (Å²) < 4.78 is 20.8. The Bertz CT molecular complexity index is 290. The third-order valence-corrected chi connectivity index (χ3v) is 3.21. The topological polar surface area (TPSA) is 71.1 Å². The number of halogens is 1. The average molecular weight is 369 g/mol. The monoisotopic (exact) mass is 368 g/mol. The van der Waals surface area contributed by atoms with Gasteiger partial charge in [0.15, 0.2) is 0 Å². The maximum Gasteiger partial charge on any atom is 0.350 e. The maximum absolute atomic E-state index is 12.2. The largest absolute Gasteiger partial charge is 0.463 e. The zero-order chi connectivity index (χ0) is 16.1. The zero-order valence-corrected chi connectivity index (χ0v) is 14.6. The smallest absolute Gasteiger partial charge is 0.350 e. The number of rotatable bonds is 12. The van der Waals surface area contributed by atoms with E-state index in [9.17, 15) is 9.59 Å². The van der Waals surface area contributed by atoms with Gasteiger partial charge in [-0.3, -0.25) is 0 Å². The summed E-state index contributed by atoms with van der Waals surface area (Å²) in [5.74, 6) is -1.42. The van der Waals surface area contributed by atoms with Crippen LogP contribution in [-0.2, 0) is 28.5 Å². The minimum absolute atomic E-state index is 0.119. The van der Waals surface area contributed by atoms with E-state index >= 15 is 0 Å². The van der Waals surface area contributed by atoms with E-state index < -0.39 is 17.5 Å². The molecule has 0 N–H and O–H groups in total. The van der Waals surface area contributed by atoms with E-state index in [1.165, 1.54) is 0 Å².